The highest BCUT2D eigenvalue weighted by molar-refractivity contribution is 7.91. The van der Waals surface area contributed by atoms with Crippen molar-refractivity contribution >= 4 is 25.5 Å². The molecule has 9 heteroatoms. The summed E-state index contributed by atoms with van der Waals surface area (Å²) in [5, 5.41) is 2.82. The van der Waals surface area contributed by atoms with Crippen LogP contribution in [-0.2, 0) is 19.9 Å². The molecular formula is C11H19N3O4S2. The number of hydrogen-bond donors (Lipinski definition) is 1. The van der Waals surface area contributed by atoms with Gasteiger partial charge in [-0.15, -0.1) is 0 Å². The van der Waals surface area contributed by atoms with Gasteiger partial charge in [0.2, 0.25) is 0 Å². The molecule has 0 atom stereocenters. The molecule has 0 unspecified atom stereocenters. The molecule has 1 N–H and O–H groups in total. The summed E-state index contributed by atoms with van der Waals surface area (Å²) >= 11 is 0. The summed E-state index contributed by atoms with van der Waals surface area (Å²) in [4.78, 5) is 3.89. The van der Waals surface area contributed by atoms with Crippen molar-refractivity contribution in [3.8, 4) is 0 Å². The topological polar surface area (TPSA) is 96.4 Å². The van der Waals surface area contributed by atoms with Crippen molar-refractivity contribution in [2.45, 2.75) is 11.9 Å². The number of nitrogens with one attached hydrogen (secondary N) is 1. The van der Waals surface area contributed by atoms with E-state index in [4.69, 9.17) is 0 Å². The Kier molecular flexibility index (Phi) is 5.49. The van der Waals surface area contributed by atoms with E-state index in [2.05, 4.69) is 10.3 Å². The predicted octanol–water partition coefficient (Wildman–Crippen LogP) is 0.179. The fourth-order valence-corrected chi connectivity index (χ4v) is 3.44. The van der Waals surface area contributed by atoms with Gasteiger partial charge in [-0.2, -0.15) is 4.31 Å². The Morgan fingerprint density at radius 1 is 1.30 bits per heavy atom. The predicted molar refractivity (Wildman–Crippen MR) is 77.9 cm³/mol. The molecule has 0 fully saturated rings. The molecule has 0 aliphatic rings. The maximum atomic E-state index is 12.4. The van der Waals surface area contributed by atoms with E-state index in [1.165, 1.54) is 13.2 Å². The molecule has 7 nitrogen and oxygen atoms in total. The van der Waals surface area contributed by atoms with Crippen LogP contribution in [0.4, 0.5) is 5.69 Å². The van der Waals surface area contributed by atoms with Crippen molar-refractivity contribution in [1.82, 2.24) is 9.29 Å². The number of rotatable bonds is 7. The number of anilines is 1. The van der Waals surface area contributed by atoms with Gasteiger partial charge in [-0.25, -0.2) is 21.8 Å². The lowest BCUT2D eigenvalue weighted by atomic mass is 10.4. The fourth-order valence-electron chi connectivity index (χ4n) is 1.48. The van der Waals surface area contributed by atoms with E-state index in [9.17, 15) is 16.8 Å². The first-order valence-electron chi connectivity index (χ1n) is 6.01. The summed E-state index contributed by atoms with van der Waals surface area (Å²) in [6, 6.07) is 3.25. The summed E-state index contributed by atoms with van der Waals surface area (Å²) in [5.41, 5.74) is 0.404. The van der Waals surface area contributed by atoms with Crippen LogP contribution in [0.25, 0.3) is 0 Å². The molecule has 1 aromatic heterocycles. The van der Waals surface area contributed by atoms with E-state index >= 15 is 0 Å². The number of sulfonamides is 1. The van der Waals surface area contributed by atoms with E-state index in [0.29, 0.717) is 12.2 Å². The van der Waals surface area contributed by atoms with Crippen molar-refractivity contribution in [2.75, 3.05) is 37.5 Å². The number of nitrogens with zero attached hydrogens (tertiary/aromatic N) is 2. The molecule has 1 heterocycles. The number of hydrogen-bond acceptors (Lipinski definition) is 6. The molecule has 0 aromatic carbocycles. The zero-order chi connectivity index (χ0) is 15.4. The van der Waals surface area contributed by atoms with Crippen LogP contribution in [-0.4, -0.2) is 58.3 Å². The third-order valence-electron chi connectivity index (χ3n) is 2.57. The van der Waals surface area contributed by atoms with Crippen molar-refractivity contribution in [3.05, 3.63) is 18.3 Å². The molecule has 0 amide bonds. The minimum Gasteiger partial charge on any atom is -0.383 e. The third kappa shape index (κ3) is 4.43. The summed E-state index contributed by atoms with van der Waals surface area (Å²) in [5.74, 6) is -0.230. The van der Waals surface area contributed by atoms with Gasteiger partial charge in [-0.1, -0.05) is 0 Å². The molecule has 0 aliphatic carbocycles. The molecule has 0 aliphatic heterocycles. The lowest BCUT2D eigenvalue weighted by Crippen LogP contribution is -2.32. The van der Waals surface area contributed by atoms with Crippen molar-refractivity contribution in [1.29, 1.82) is 0 Å². The average molecular weight is 321 g/mol. The van der Waals surface area contributed by atoms with Crippen LogP contribution in [0.5, 0.6) is 0 Å². The SMILES string of the molecule is CCNc1cccnc1S(=O)(=O)N(C)CCS(C)(=O)=O. The second kappa shape index (κ2) is 6.51. The first-order chi connectivity index (χ1) is 9.18. The smallest absolute Gasteiger partial charge is 0.262 e. The Labute approximate surface area is 120 Å². The third-order valence-corrected chi connectivity index (χ3v) is 5.31. The van der Waals surface area contributed by atoms with Crippen LogP contribution >= 0.6 is 0 Å². The van der Waals surface area contributed by atoms with Crippen LogP contribution in [0, 0.1) is 0 Å². The van der Waals surface area contributed by atoms with Gasteiger partial charge in [0, 0.05) is 32.6 Å². The monoisotopic (exact) mass is 321 g/mol. The maximum absolute atomic E-state index is 12.4. The Hall–Kier alpha value is -1.19. The number of pyridine rings is 1. The Morgan fingerprint density at radius 3 is 2.50 bits per heavy atom. The summed E-state index contributed by atoms with van der Waals surface area (Å²) in [7, 11) is -5.70. The fraction of sp³-hybridized carbons (Fsp3) is 0.545. The van der Waals surface area contributed by atoms with Gasteiger partial charge < -0.3 is 5.32 Å². The van der Waals surface area contributed by atoms with E-state index in [1.807, 2.05) is 6.92 Å². The van der Waals surface area contributed by atoms with Crippen molar-refractivity contribution in [2.24, 2.45) is 0 Å². The average Bonchev–Trinajstić information content (AvgIpc) is 2.36. The van der Waals surface area contributed by atoms with Gasteiger partial charge in [0.1, 0.15) is 9.84 Å². The van der Waals surface area contributed by atoms with E-state index in [0.717, 1.165) is 10.6 Å². The van der Waals surface area contributed by atoms with E-state index < -0.39 is 19.9 Å². The van der Waals surface area contributed by atoms with Crippen LogP contribution < -0.4 is 5.32 Å². The van der Waals surface area contributed by atoms with Crippen molar-refractivity contribution in [3.63, 3.8) is 0 Å². The molecule has 20 heavy (non-hydrogen) atoms. The Bertz CT molecular complexity index is 656. The van der Waals surface area contributed by atoms with Crippen LogP contribution in [0.2, 0.25) is 0 Å². The molecule has 0 radical (unpaired) electrons. The number of sulfone groups is 1. The molecule has 1 aromatic rings. The maximum Gasteiger partial charge on any atom is 0.262 e. The van der Waals surface area contributed by atoms with E-state index in [-0.39, 0.29) is 17.3 Å². The van der Waals surface area contributed by atoms with Gasteiger partial charge >= 0.3 is 0 Å². The molecular weight excluding hydrogens is 302 g/mol. The Morgan fingerprint density at radius 2 is 1.95 bits per heavy atom. The van der Waals surface area contributed by atoms with Gasteiger partial charge in [0.05, 0.1) is 11.4 Å². The minimum absolute atomic E-state index is 0.0992. The number of aromatic nitrogens is 1. The summed E-state index contributed by atoms with van der Waals surface area (Å²) in [6.45, 7) is 2.29. The highest BCUT2D eigenvalue weighted by Crippen LogP contribution is 2.20. The van der Waals surface area contributed by atoms with E-state index in [1.54, 1.807) is 12.1 Å². The standard InChI is InChI=1S/C11H19N3O4S2/c1-4-12-10-6-5-7-13-11(10)20(17,18)14(2)8-9-19(3,15)16/h5-7,12H,4,8-9H2,1-3H3. The van der Waals surface area contributed by atoms with Gasteiger partial charge in [-0.3, -0.25) is 0 Å². The van der Waals surface area contributed by atoms with Gasteiger partial charge in [-0.05, 0) is 19.1 Å². The molecule has 0 spiro atoms. The molecule has 0 saturated carbocycles. The zero-order valence-electron chi connectivity index (χ0n) is 11.7. The second-order valence-corrected chi connectivity index (χ2v) is 8.56. The molecule has 114 valence electrons. The highest BCUT2D eigenvalue weighted by atomic mass is 32.2. The highest BCUT2D eigenvalue weighted by Gasteiger charge is 2.25. The molecule has 0 saturated heterocycles. The normalized spacial score (nSPS) is 12.6. The first kappa shape index (κ1) is 16.9. The van der Waals surface area contributed by atoms with Crippen LogP contribution in [0.1, 0.15) is 6.92 Å². The lowest BCUT2D eigenvalue weighted by molar-refractivity contribution is 0.482. The lowest BCUT2D eigenvalue weighted by Gasteiger charge is -2.18. The quantitative estimate of drug-likeness (QED) is 0.769. The second-order valence-electron chi connectivity index (χ2n) is 4.34. The van der Waals surface area contributed by atoms with Crippen LogP contribution in [0.3, 0.4) is 0 Å². The van der Waals surface area contributed by atoms with Crippen LogP contribution in [0.15, 0.2) is 23.4 Å². The van der Waals surface area contributed by atoms with Crippen molar-refractivity contribution < 1.29 is 16.8 Å². The first-order valence-corrected chi connectivity index (χ1v) is 9.51. The summed E-state index contributed by atoms with van der Waals surface area (Å²) in [6.07, 6.45) is 2.45. The largest absolute Gasteiger partial charge is 0.383 e. The zero-order valence-corrected chi connectivity index (χ0v) is 13.3. The Balaban J connectivity index is 3.04. The molecule has 0 bridgehead atoms. The van der Waals surface area contributed by atoms with Gasteiger partial charge in [0.15, 0.2) is 5.03 Å². The summed E-state index contributed by atoms with van der Waals surface area (Å²) < 4.78 is 48.0. The van der Waals surface area contributed by atoms with Gasteiger partial charge in [0.25, 0.3) is 10.0 Å². The minimum atomic E-state index is -3.82. The molecule has 1 rings (SSSR count).